The first-order valence-electron chi connectivity index (χ1n) is 8.46. The Kier molecular flexibility index (Phi) is 13.6. The SMILES string of the molecule is CCCCCC(=O)OCC(CCl)(CCl)COC(=O)CCCCC. The number of esters is 2. The van der Waals surface area contributed by atoms with Crippen molar-refractivity contribution in [2.45, 2.75) is 65.2 Å². The summed E-state index contributed by atoms with van der Waals surface area (Å²) >= 11 is 12.0. The maximum absolute atomic E-state index is 11.7. The van der Waals surface area contributed by atoms with Crippen molar-refractivity contribution in [3.8, 4) is 0 Å². The summed E-state index contributed by atoms with van der Waals surface area (Å²) in [6.45, 7) is 4.30. The van der Waals surface area contributed by atoms with Gasteiger partial charge >= 0.3 is 11.9 Å². The second kappa shape index (κ2) is 13.9. The smallest absolute Gasteiger partial charge is 0.305 e. The second-order valence-corrected chi connectivity index (χ2v) is 6.54. The lowest BCUT2D eigenvalue weighted by molar-refractivity contribution is -0.152. The minimum Gasteiger partial charge on any atom is -0.465 e. The van der Waals surface area contributed by atoms with Gasteiger partial charge in [0.1, 0.15) is 13.2 Å². The number of ether oxygens (including phenoxy) is 2. The third kappa shape index (κ3) is 10.8. The van der Waals surface area contributed by atoms with Crippen LogP contribution in [0.3, 0.4) is 0 Å². The van der Waals surface area contributed by atoms with Gasteiger partial charge in [-0.25, -0.2) is 0 Å². The molecule has 0 heterocycles. The monoisotopic (exact) mass is 368 g/mol. The molecule has 0 spiro atoms. The molecule has 0 bridgehead atoms. The zero-order chi connectivity index (χ0) is 17.6. The van der Waals surface area contributed by atoms with E-state index < -0.39 is 5.41 Å². The molecule has 0 saturated carbocycles. The highest BCUT2D eigenvalue weighted by atomic mass is 35.5. The van der Waals surface area contributed by atoms with Crippen molar-refractivity contribution in [2.24, 2.45) is 5.41 Å². The van der Waals surface area contributed by atoms with E-state index in [-0.39, 0.29) is 36.9 Å². The largest absolute Gasteiger partial charge is 0.465 e. The van der Waals surface area contributed by atoms with Gasteiger partial charge in [-0.1, -0.05) is 39.5 Å². The molecule has 0 fully saturated rings. The Morgan fingerprint density at radius 1 is 0.783 bits per heavy atom. The van der Waals surface area contributed by atoms with E-state index in [2.05, 4.69) is 13.8 Å². The first-order chi connectivity index (χ1) is 11.0. The molecule has 23 heavy (non-hydrogen) atoms. The predicted octanol–water partition coefficient (Wildman–Crippen LogP) is 4.70. The average molecular weight is 369 g/mol. The highest BCUT2D eigenvalue weighted by Crippen LogP contribution is 2.23. The van der Waals surface area contributed by atoms with Gasteiger partial charge in [0, 0.05) is 24.6 Å². The van der Waals surface area contributed by atoms with Crippen LogP contribution >= 0.6 is 23.2 Å². The quantitative estimate of drug-likeness (QED) is 0.253. The topological polar surface area (TPSA) is 52.6 Å². The van der Waals surface area contributed by atoms with E-state index in [0.29, 0.717) is 12.8 Å². The van der Waals surface area contributed by atoms with Gasteiger partial charge in [0.15, 0.2) is 0 Å². The molecule has 0 atom stereocenters. The Hall–Kier alpha value is -0.480. The molecule has 4 nitrogen and oxygen atoms in total. The number of alkyl halides is 2. The zero-order valence-electron chi connectivity index (χ0n) is 14.4. The molecule has 0 saturated heterocycles. The fourth-order valence-electron chi connectivity index (χ4n) is 1.88. The molecule has 0 rings (SSSR count). The summed E-state index contributed by atoms with van der Waals surface area (Å²) in [7, 11) is 0. The maximum atomic E-state index is 11.7. The van der Waals surface area contributed by atoms with Crippen molar-refractivity contribution < 1.29 is 19.1 Å². The van der Waals surface area contributed by atoms with Crippen molar-refractivity contribution in [1.29, 1.82) is 0 Å². The Balaban J connectivity index is 4.23. The lowest BCUT2D eigenvalue weighted by Crippen LogP contribution is -2.38. The van der Waals surface area contributed by atoms with Crippen LogP contribution in [-0.2, 0) is 19.1 Å². The average Bonchev–Trinajstić information content (AvgIpc) is 2.56. The van der Waals surface area contributed by atoms with E-state index in [1.165, 1.54) is 0 Å². The van der Waals surface area contributed by atoms with Gasteiger partial charge in [-0.2, -0.15) is 0 Å². The van der Waals surface area contributed by atoms with Crippen molar-refractivity contribution in [3.05, 3.63) is 0 Å². The minimum atomic E-state index is -0.718. The Labute approximate surface area is 150 Å². The molecule has 0 aliphatic carbocycles. The van der Waals surface area contributed by atoms with Crippen molar-refractivity contribution in [1.82, 2.24) is 0 Å². The van der Waals surface area contributed by atoms with Crippen LogP contribution in [0.25, 0.3) is 0 Å². The third-order valence-electron chi connectivity index (χ3n) is 3.61. The highest BCUT2D eigenvalue weighted by molar-refractivity contribution is 6.21. The number of carbonyl (C=O) groups excluding carboxylic acids is 2. The third-order valence-corrected chi connectivity index (χ3v) is 4.75. The van der Waals surface area contributed by atoms with Crippen LogP contribution in [0.2, 0.25) is 0 Å². The van der Waals surface area contributed by atoms with Crippen molar-refractivity contribution >= 4 is 35.1 Å². The molecule has 0 aliphatic heterocycles. The summed E-state index contributed by atoms with van der Waals surface area (Å²) in [5.41, 5.74) is -0.718. The number of unbranched alkanes of at least 4 members (excludes halogenated alkanes) is 4. The summed E-state index contributed by atoms with van der Waals surface area (Å²) in [5, 5.41) is 0. The second-order valence-electron chi connectivity index (χ2n) is 6.00. The van der Waals surface area contributed by atoms with E-state index in [0.717, 1.165) is 38.5 Å². The lowest BCUT2D eigenvalue weighted by atomic mass is 9.95. The Morgan fingerprint density at radius 3 is 1.48 bits per heavy atom. The maximum Gasteiger partial charge on any atom is 0.305 e. The molecule has 0 N–H and O–H groups in total. The van der Waals surface area contributed by atoms with Gasteiger partial charge in [-0.15, -0.1) is 23.2 Å². The molecule has 0 aliphatic rings. The van der Waals surface area contributed by atoms with Crippen LogP contribution in [0.1, 0.15) is 65.2 Å². The molecule has 0 unspecified atom stereocenters. The highest BCUT2D eigenvalue weighted by Gasteiger charge is 2.32. The summed E-state index contributed by atoms with van der Waals surface area (Å²) in [6.07, 6.45) is 6.52. The van der Waals surface area contributed by atoms with Crippen molar-refractivity contribution in [2.75, 3.05) is 25.0 Å². The minimum absolute atomic E-state index is 0.0766. The van der Waals surface area contributed by atoms with E-state index in [1.54, 1.807) is 0 Å². The van der Waals surface area contributed by atoms with E-state index in [1.807, 2.05) is 0 Å². The molecule has 6 heteroatoms. The summed E-state index contributed by atoms with van der Waals surface area (Å²) in [4.78, 5) is 23.4. The van der Waals surface area contributed by atoms with E-state index in [9.17, 15) is 9.59 Å². The number of hydrogen-bond donors (Lipinski definition) is 0. The summed E-state index contributed by atoms with van der Waals surface area (Å²) in [5.74, 6) is -0.179. The first-order valence-corrected chi connectivity index (χ1v) is 9.53. The van der Waals surface area contributed by atoms with Crippen molar-refractivity contribution in [3.63, 3.8) is 0 Å². The fourth-order valence-corrected chi connectivity index (χ4v) is 2.48. The standard InChI is InChI=1S/C17H30Cl2O4/c1-3-5-7-9-15(20)22-13-17(11-18,12-19)14-23-16(21)10-8-6-4-2/h3-14H2,1-2H3. The van der Waals surface area contributed by atoms with Crippen LogP contribution in [0.4, 0.5) is 0 Å². The van der Waals surface area contributed by atoms with Gasteiger partial charge in [0.25, 0.3) is 0 Å². The molecule has 0 radical (unpaired) electrons. The molecule has 0 amide bonds. The lowest BCUT2D eigenvalue weighted by Gasteiger charge is -2.28. The molecule has 136 valence electrons. The zero-order valence-corrected chi connectivity index (χ0v) is 15.9. The number of carbonyl (C=O) groups is 2. The normalized spacial score (nSPS) is 11.3. The Bertz CT molecular complexity index is 303. The fraction of sp³-hybridized carbons (Fsp3) is 0.882. The molecule has 0 aromatic rings. The van der Waals surface area contributed by atoms with Crippen LogP contribution < -0.4 is 0 Å². The molecular formula is C17H30Cl2O4. The van der Waals surface area contributed by atoms with Gasteiger partial charge in [0.05, 0.1) is 5.41 Å². The molecule has 0 aromatic heterocycles. The molecular weight excluding hydrogens is 339 g/mol. The Morgan fingerprint density at radius 2 is 1.17 bits per heavy atom. The van der Waals surface area contributed by atoms with E-state index >= 15 is 0 Å². The van der Waals surface area contributed by atoms with Gasteiger partial charge in [-0.05, 0) is 12.8 Å². The van der Waals surface area contributed by atoms with Crippen LogP contribution in [0.5, 0.6) is 0 Å². The summed E-state index contributed by atoms with van der Waals surface area (Å²) in [6, 6.07) is 0. The summed E-state index contributed by atoms with van der Waals surface area (Å²) < 4.78 is 10.5. The van der Waals surface area contributed by atoms with Gasteiger partial charge < -0.3 is 9.47 Å². The number of halogens is 2. The van der Waals surface area contributed by atoms with E-state index in [4.69, 9.17) is 32.7 Å². The van der Waals surface area contributed by atoms with Gasteiger partial charge in [-0.3, -0.25) is 9.59 Å². The predicted molar refractivity (Wildman–Crippen MR) is 94.1 cm³/mol. The first kappa shape index (κ1) is 22.5. The van der Waals surface area contributed by atoms with Crippen LogP contribution in [-0.4, -0.2) is 36.9 Å². The van der Waals surface area contributed by atoms with Gasteiger partial charge in [0.2, 0.25) is 0 Å². The number of hydrogen-bond acceptors (Lipinski definition) is 4. The van der Waals surface area contributed by atoms with Crippen LogP contribution in [0.15, 0.2) is 0 Å². The van der Waals surface area contributed by atoms with Crippen LogP contribution in [0, 0.1) is 5.41 Å². The number of rotatable bonds is 14. The molecule has 0 aromatic carbocycles.